The molecule has 4 aromatic rings. The molecule has 0 aliphatic rings. The molecule has 0 aromatic heterocycles. The molecule has 0 bridgehead atoms. The fraction of sp³-hybridized carbons (Fsp3) is 0.212. The molecule has 0 saturated heterocycles. The summed E-state index contributed by atoms with van der Waals surface area (Å²) in [4.78, 5) is 37.7. The van der Waals surface area contributed by atoms with Crippen molar-refractivity contribution < 1.29 is 33.5 Å². The highest BCUT2D eigenvalue weighted by Gasteiger charge is 2.22. The van der Waals surface area contributed by atoms with Crippen molar-refractivity contribution in [3.05, 3.63) is 112 Å². The van der Waals surface area contributed by atoms with Crippen molar-refractivity contribution in [2.75, 3.05) is 32.0 Å². The minimum Gasteiger partial charge on any atom is -0.497 e. The molecule has 0 heterocycles. The van der Waals surface area contributed by atoms with Gasteiger partial charge in [-0.25, -0.2) is 0 Å². The molecule has 0 aliphatic heterocycles. The van der Waals surface area contributed by atoms with Gasteiger partial charge in [0.05, 0.1) is 43.1 Å². The summed E-state index contributed by atoms with van der Waals surface area (Å²) in [5, 5.41) is 16.9. The van der Waals surface area contributed by atoms with Crippen LogP contribution in [0.15, 0.2) is 84.9 Å². The van der Waals surface area contributed by atoms with Gasteiger partial charge in [-0.3, -0.25) is 25.4 Å². The Morgan fingerprint density at radius 3 is 2.13 bits per heavy atom. The first-order valence-corrected chi connectivity index (χ1v) is 14.0. The highest BCUT2D eigenvalue weighted by Crippen LogP contribution is 2.29. The quantitative estimate of drug-likeness (QED) is 0.0903. The number of nitrogens with one attached hydrogen (secondary N) is 2. The number of anilines is 2. The van der Waals surface area contributed by atoms with E-state index in [9.17, 15) is 19.7 Å². The summed E-state index contributed by atoms with van der Waals surface area (Å²) in [6.45, 7) is 0. The summed E-state index contributed by atoms with van der Waals surface area (Å²) in [5.74, 6) is 0.691. The third-order valence-electron chi connectivity index (χ3n) is 6.85. The van der Waals surface area contributed by atoms with Crippen LogP contribution in [0.1, 0.15) is 39.1 Å². The van der Waals surface area contributed by atoms with E-state index in [2.05, 4.69) is 10.6 Å². The van der Waals surface area contributed by atoms with Crippen molar-refractivity contribution in [2.45, 2.75) is 25.5 Å². The van der Waals surface area contributed by atoms with E-state index in [0.717, 1.165) is 23.8 Å². The molecule has 1 unspecified atom stereocenters. The number of nitrogens with two attached hydrogens (primary N) is 1. The summed E-state index contributed by atoms with van der Waals surface area (Å²) < 4.78 is 21.7. The first-order valence-electron chi connectivity index (χ1n) is 14.0. The van der Waals surface area contributed by atoms with Crippen molar-refractivity contribution in [3.63, 3.8) is 0 Å². The molecule has 0 saturated carbocycles. The summed E-state index contributed by atoms with van der Waals surface area (Å²) in [7, 11) is 4.61. The highest BCUT2D eigenvalue weighted by atomic mass is 16.6. The van der Waals surface area contributed by atoms with Gasteiger partial charge in [0.25, 0.3) is 17.5 Å². The predicted octanol–water partition coefficient (Wildman–Crippen LogP) is 5.81. The summed E-state index contributed by atoms with van der Waals surface area (Å²) >= 11 is 0. The van der Waals surface area contributed by atoms with Crippen LogP contribution >= 0.6 is 0 Å². The molecule has 0 radical (unpaired) electrons. The van der Waals surface area contributed by atoms with E-state index in [1.54, 1.807) is 37.4 Å². The number of benzene rings is 4. The van der Waals surface area contributed by atoms with Crippen molar-refractivity contribution in [1.82, 2.24) is 0 Å². The molecule has 4 N–H and O–H groups in total. The molecule has 0 aliphatic carbocycles. The Hall–Kier alpha value is -5.62. The maximum Gasteiger partial charge on any atom is 0.271 e. The Balaban J connectivity index is 1.52. The number of nitrogens with zero attached hydrogens (tertiary/aromatic N) is 1. The topological polar surface area (TPSA) is 164 Å². The van der Waals surface area contributed by atoms with E-state index in [-0.39, 0.29) is 28.3 Å². The number of nitro groups is 1. The zero-order valence-corrected chi connectivity index (χ0v) is 25.1. The average molecular weight is 615 g/mol. The lowest BCUT2D eigenvalue weighted by Crippen LogP contribution is -2.28. The number of amides is 2. The Morgan fingerprint density at radius 1 is 0.800 bits per heavy atom. The third-order valence-corrected chi connectivity index (χ3v) is 6.85. The van der Waals surface area contributed by atoms with Gasteiger partial charge in [-0.1, -0.05) is 12.1 Å². The van der Waals surface area contributed by atoms with Crippen molar-refractivity contribution in [3.8, 4) is 23.0 Å². The van der Waals surface area contributed by atoms with Crippen LogP contribution in [0.2, 0.25) is 0 Å². The van der Waals surface area contributed by atoms with Gasteiger partial charge in [0.15, 0.2) is 0 Å². The van der Waals surface area contributed by atoms with Gasteiger partial charge in [0.1, 0.15) is 29.2 Å². The molecule has 4 rings (SSSR count). The Morgan fingerprint density at radius 2 is 1.44 bits per heavy atom. The van der Waals surface area contributed by atoms with Crippen LogP contribution in [0.5, 0.6) is 23.0 Å². The van der Waals surface area contributed by atoms with Crippen LogP contribution in [0.25, 0.3) is 0 Å². The lowest BCUT2D eigenvalue weighted by molar-refractivity contribution is -0.384. The van der Waals surface area contributed by atoms with E-state index < -0.39 is 23.0 Å². The average Bonchev–Trinajstić information content (AvgIpc) is 3.05. The minimum atomic E-state index is -0.752. The number of carbonyl (C=O) groups is 2. The Bertz CT molecular complexity index is 1660. The Kier molecular flexibility index (Phi) is 10.9. The van der Waals surface area contributed by atoms with Crippen LogP contribution < -0.4 is 35.3 Å². The molecule has 2 amide bonds. The third kappa shape index (κ3) is 8.71. The van der Waals surface area contributed by atoms with E-state index >= 15 is 0 Å². The fourth-order valence-corrected chi connectivity index (χ4v) is 4.48. The first-order chi connectivity index (χ1) is 21.7. The zero-order chi connectivity index (χ0) is 32.3. The van der Waals surface area contributed by atoms with Gasteiger partial charge in [0, 0.05) is 23.9 Å². The van der Waals surface area contributed by atoms with Gasteiger partial charge in [0.2, 0.25) is 0 Å². The molecular weight excluding hydrogens is 580 g/mol. The maximum atomic E-state index is 13.6. The second kappa shape index (κ2) is 15.2. The van der Waals surface area contributed by atoms with Crippen molar-refractivity contribution in [1.29, 1.82) is 0 Å². The van der Waals surface area contributed by atoms with E-state index in [0.29, 0.717) is 30.0 Å². The molecule has 0 spiro atoms. The molecule has 12 nitrogen and oxygen atoms in total. The summed E-state index contributed by atoms with van der Waals surface area (Å²) in [6.07, 6.45) is 1.18. The van der Waals surface area contributed by atoms with Gasteiger partial charge in [-0.2, -0.15) is 0 Å². The number of hydrogen-bond donors (Lipinski definition) is 3. The second-order valence-corrected chi connectivity index (χ2v) is 9.89. The SMILES string of the molecule is COc1ccc(NC(=O)c2ccc([N+](=O)[O-])cc2NC(=O)c2ccc(OC)cc2OC(N)CCCc2cccc(OC)c2)cc1. The van der Waals surface area contributed by atoms with Crippen molar-refractivity contribution >= 4 is 28.9 Å². The largest absolute Gasteiger partial charge is 0.497 e. The Labute approximate surface area is 260 Å². The van der Waals surface area contributed by atoms with Gasteiger partial charge in [-0.15, -0.1) is 0 Å². The van der Waals surface area contributed by atoms with E-state index in [4.69, 9.17) is 24.7 Å². The van der Waals surface area contributed by atoms with Gasteiger partial charge in [-0.05, 0) is 79.4 Å². The number of ether oxygens (including phenoxy) is 4. The molecule has 45 heavy (non-hydrogen) atoms. The molecule has 1 atom stereocenters. The normalized spacial score (nSPS) is 11.2. The van der Waals surface area contributed by atoms with Gasteiger partial charge >= 0.3 is 0 Å². The van der Waals surface area contributed by atoms with Crippen molar-refractivity contribution in [2.24, 2.45) is 5.73 Å². The lowest BCUT2D eigenvalue weighted by atomic mass is 10.1. The van der Waals surface area contributed by atoms with Crippen LogP contribution in [0.3, 0.4) is 0 Å². The van der Waals surface area contributed by atoms with Crippen LogP contribution in [-0.4, -0.2) is 44.3 Å². The fourth-order valence-electron chi connectivity index (χ4n) is 4.48. The highest BCUT2D eigenvalue weighted by molar-refractivity contribution is 6.13. The smallest absolute Gasteiger partial charge is 0.271 e. The summed E-state index contributed by atoms with van der Waals surface area (Å²) in [5.41, 5.74) is 7.57. The zero-order valence-electron chi connectivity index (χ0n) is 25.1. The first kappa shape index (κ1) is 32.3. The molecular formula is C33H34N4O8. The number of hydrogen-bond acceptors (Lipinski definition) is 9. The standard InChI is InChI=1S/C33H34N4O8/c1-42-24-13-10-22(11-14-24)35-32(38)27-16-12-23(37(40)41)19-29(27)36-33(39)28-17-15-26(44-3)20-30(28)45-31(34)9-5-7-21-6-4-8-25(18-21)43-2/h4,6,8,10-20,31H,5,7,9,34H2,1-3H3,(H,35,38)(H,36,39). The molecule has 0 fully saturated rings. The number of methoxy groups -OCH3 is 3. The molecule has 4 aromatic carbocycles. The van der Waals surface area contributed by atoms with Gasteiger partial charge < -0.3 is 29.6 Å². The number of nitro benzene ring substituents is 1. The second-order valence-electron chi connectivity index (χ2n) is 9.89. The summed E-state index contributed by atoms with van der Waals surface area (Å²) in [6, 6.07) is 22.5. The number of rotatable bonds is 14. The molecule has 234 valence electrons. The monoisotopic (exact) mass is 614 g/mol. The van der Waals surface area contributed by atoms with Crippen LogP contribution in [0, 0.1) is 10.1 Å². The predicted molar refractivity (Wildman–Crippen MR) is 170 cm³/mol. The van der Waals surface area contributed by atoms with Crippen LogP contribution in [0.4, 0.5) is 17.1 Å². The van der Waals surface area contributed by atoms with Crippen LogP contribution in [-0.2, 0) is 6.42 Å². The number of non-ortho nitro benzene ring substituents is 1. The maximum absolute atomic E-state index is 13.6. The van der Waals surface area contributed by atoms with E-state index in [1.807, 2.05) is 24.3 Å². The minimum absolute atomic E-state index is 0.00925. The molecule has 12 heteroatoms. The number of carbonyl (C=O) groups excluding carboxylic acids is 2. The van der Waals surface area contributed by atoms with E-state index in [1.165, 1.54) is 38.5 Å². The number of aryl methyl sites for hydroxylation is 1. The lowest BCUT2D eigenvalue weighted by Gasteiger charge is -2.18.